The van der Waals surface area contributed by atoms with Gasteiger partial charge in [-0.05, 0) is 12.8 Å². The van der Waals surface area contributed by atoms with E-state index in [1.807, 2.05) is 0 Å². The van der Waals surface area contributed by atoms with Gasteiger partial charge in [0.1, 0.15) is 13.2 Å². The third-order valence-electron chi connectivity index (χ3n) is 3.02. The van der Waals surface area contributed by atoms with Gasteiger partial charge in [-0.15, -0.1) is 0 Å². The van der Waals surface area contributed by atoms with Crippen molar-refractivity contribution in [1.82, 2.24) is 0 Å². The highest BCUT2D eigenvalue weighted by Crippen LogP contribution is 2.36. The van der Waals surface area contributed by atoms with Gasteiger partial charge in [-0.25, -0.2) is 0 Å². The van der Waals surface area contributed by atoms with E-state index in [9.17, 15) is 0 Å². The highest BCUT2D eigenvalue weighted by molar-refractivity contribution is 4.89. The number of hydrogen-bond donors (Lipinski definition) is 0. The zero-order chi connectivity index (χ0) is 11.4. The molecule has 0 radical (unpaired) electrons. The van der Waals surface area contributed by atoms with Crippen LogP contribution in [0.4, 0.5) is 0 Å². The molecule has 0 aromatic rings. The minimum Gasteiger partial charge on any atom is -0.379 e. The molecule has 0 saturated carbocycles. The Hall–Kier alpha value is -0.160. The molecule has 90 valence electrons. The maximum absolute atomic E-state index is 6.04. The molecular weight excluding hydrogens is 196 g/mol. The van der Waals surface area contributed by atoms with Crippen LogP contribution in [0, 0.1) is 0 Å². The second-order valence-corrected chi connectivity index (χ2v) is 4.06. The minimum absolute atomic E-state index is 0.170. The Morgan fingerprint density at radius 3 is 1.93 bits per heavy atom. The zero-order valence-electron chi connectivity index (χ0n) is 10.2. The van der Waals surface area contributed by atoms with Crippen molar-refractivity contribution in [1.29, 1.82) is 0 Å². The second kappa shape index (κ2) is 5.25. The van der Waals surface area contributed by atoms with Crippen LogP contribution >= 0.6 is 0 Å². The second-order valence-electron chi connectivity index (χ2n) is 4.06. The maximum atomic E-state index is 6.04. The minimum atomic E-state index is -0.713. The Labute approximate surface area is 91.8 Å². The molecule has 1 aliphatic heterocycles. The molecule has 1 heterocycles. The van der Waals surface area contributed by atoms with Gasteiger partial charge >= 0.3 is 0 Å². The van der Waals surface area contributed by atoms with Gasteiger partial charge in [-0.2, -0.15) is 0 Å². The van der Waals surface area contributed by atoms with E-state index in [2.05, 4.69) is 13.8 Å². The Balaban J connectivity index is 2.69. The van der Waals surface area contributed by atoms with E-state index in [4.69, 9.17) is 18.9 Å². The summed E-state index contributed by atoms with van der Waals surface area (Å²) < 4.78 is 22.1. The smallest absolute Gasteiger partial charge is 0.216 e. The fraction of sp³-hybridized carbons (Fsp3) is 1.00. The topological polar surface area (TPSA) is 36.9 Å². The Bertz CT molecular complexity index is 183. The van der Waals surface area contributed by atoms with E-state index < -0.39 is 5.79 Å². The van der Waals surface area contributed by atoms with Crippen LogP contribution in [0.25, 0.3) is 0 Å². The van der Waals surface area contributed by atoms with Crippen molar-refractivity contribution in [3.63, 3.8) is 0 Å². The SMILES string of the molecule is CCC1(CC)COC(COC)(COC)O1. The Morgan fingerprint density at radius 2 is 1.60 bits per heavy atom. The number of ether oxygens (including phenoxy) is 4. The lowest BCUT2D eigenvalue weighted by atomic mass is 9.99. The third-order valence-corrected chi connectivity index (χ3v) is 3.02. The first-order valence-corrected chi connectivity index (χ1v) is 5.48. The van der Waals surface area contributed by atoms with Crippen molar-refractivity contribution in [3.8, 4) is 0 Å². The van der Waals surface area contributed by atoms with E-state index in [0.717, 1.165) is 12.8 Å². The van der Waals surface area contributed by atoms with Crippen LogP contribution < -0.4 is 0 Å². The Kier molecular flexibility index (Phi) is 4.52. The fourth-order valence-corrected chi connectivity index (χ4v) is 1.94. The van der Waals surface area contributed by atoms with Gasteiger partial charge in [0.25, 0.3) is 0 Å². The van der Waals surface area contributed by atoms with Crippen molar-refractivity contribution >= 4 is 0 Å². The van der Waals surface area contributed by atoms with Crippen LogP contribution in [0.3, 0.4) is 0 Å². The molecule has 15 heavy (non-hydrogen) atoms. The van der Waals surface area contributed by atoms with Crippen LogP contribution in [0.1, 0.15) is 26.7 Å². The molecule has 0 unspecified atom stereocenters. The summed E-state index contributed by atoms with van der Waals surface area (Å²) in [5, 5.41) is 0. The summed E-state index contributed by atoms with van der Waals surface area (Å²) in [5.74, 6) is -0.713. The van der Waals surface area contributed by atoms with Crippen molar-refractivity contribution < 1.29 is 18.9 Å². The normalized spacial score (nSPS) is 23.2. The molecule has 0 aromatic carbocycles. The summed E-state index contributed by atoms with van der Waals surface area (Å²) in [6, 6.07) is 0. The average Bonchev–Trinajstić information content (AvgIpc) is 2.60. The highest BCUT2D eigenvalue weighted by atomic mass is 16.8. The van der Waals surface area contributed by atoms with Gasteiger partial charge in [-0.3, -0.25) is 0 Å². The molecular formula is C11H22O4. The summed E-state index contributed by atoms with van der Waals surface area (Å²) in [7, 11) is 3.28. The monoisotopic (exact) mass is 218 g/mol. The molecule has 1 saturated heterocycles. The molecule has 0 aromatic heterocycles. The predicted octanol–water partition coefficient (Wildman–Crippen LogP) is 1.58. The fourth-order valence-electron chi connectivity index (χ4n) is 1.94. The maximum Gasteiger partial charge on any atom is 0.216 e. The quantitative estimate of drug-likeness (QED) is 0.678. The lowest BCUT2D eigenvalue weighted by Crippen LogP contribution is -2.43. The van der Waals surface area contributed by atoms with Gasteiger partial charge in [0, 0.05) is 14.2 Å². The molecule has 0 amide bonds. The molecule has 1 fully saturated rings. The van der Waals surface area contributed by atoms with Crippen molar-refractivity contribution in [2.75, 3.05) is 34.0 Å². The van der Waals surface area contributed by atoms with Crippen LogP contribution in [-0.2, 0) is 18.9 Å². The molecule has 4 heteroatoms. The summed E-state index contributed by atoms with van der Waals surface area (Å²) in [5.41, 5.74) is -0.170. The molecule has 4 nitrogen and oxygen atoms in total. The predicted molar refractivity (Wildman–Crippen MR) is 56.8 cm³/mol. The van der Waals surface area contributed by atoms with Crippen LogP contribution in [-0.4, -0.2) is 45.4 Å². The summed E-state index contributed by atoms with van der Waals surface area (Å²) in [6.45, 7) is 5.66. The first kappa shape index (κ1) is 12.9. The molecule has 0 N–H and O–H groups in total. The largest absolute Gasteiger partial charge is 0.379 e. The summed E-state index contributed by atoms with van der Waals surface area (Å²) >= 11 is 0. The first-order valence-electron chi connectivity index (χ1n) is 5.48. The lowest BCUT2D eigenvalue weighted by molar-refractivity contribution is -0.236. The third kappa shape index (κ3) is 2.69. The molecule has 1 aliphatic rings. The lowest BCUT2D eigenvalue weighted by Gasteiger charge is -2.30. The van der Waals surface area contributed by atoms with Crippen LogP contribution in [0.5, 0.6) is 0 Å². The van der Waals surface area contributed by atoms with Crippen LogP contribution in [0.15, 0.2) is 0 Å². The molecule has 0 aliphatic carbocycles. The summed E-state index contributed by atoms with van der Waals surface area (Å²) in [6.07, 6.45) is 1.89. The van der Waals surface area contributed by atoms with E-state index in [1.54, 1.807) is 14.2 Å². The molecule has 1 rings (SSSR count). The highest BCUT2D eigenvalue weighted by Gasteiger charge is 2.49. The average molecular weight is 218 g/mol. The zero-order valence-corrected chi connectivity index (χ0v) is 10.2. The van der Waals surface area contributed by atoms with E-state index >= 15 is 0 Å². The number of rotatable bonds is 6. The van der Waals surface area contributed by atoms with Gasteiger partial charge in [0.15, 0.2) is 0 Å². The summed E-state index contributed by atoms with van der Waals surface area (Å²) in [4.78, 5) is 0. The van der Waals surface area contributed by atoms with Crippen molar-refractivity contribution in [3.05, 3.63) is 0 Å². The van der Waals surface area contributed by atoms with Gasteiger partial charge in [-0.1, -0.05) is 13.8 Å². The molecule has 0 bridgehead atoms. The van der Waals surface area contributed by atoms with Crippen LogP contribution in [0.2, 0.25) is 0 Å². The van der Waals surface area contributed by atoms with Gasteiger partial charge in [0.2, 0.25) is 5.79 Å². The van der Waals surface area contributed by atoms with E-state index in [-0.39, 0.29) is 5.60 Å². The first-order chi connectivity index (χ1) is 7.16. The Morgan fingerprint density at radius 1 is 1.07 bits per heavy atom. The van der Waals surface area contributed by atoms with Crippen molar-refractivity contribution in [2.45, 2.75) is 38.1 Å². The van der Waals surface area contributed by atoms with Gasteiger partial charge < -0.3 is 18.9 Å². The van der Waals surface area contributed by atoms with Gasteiger partial charge in [0.05, 0.1) is 12.2 Å². The standard InChI is InChI=1S/C11H22O4/c1-5-10(6-2)7-14-11(15-10,8-12-3)9-13-4/h5-9H2,1-4H3. The van der Waals surface area contributed by atoms with E-state index in [0.29, 0.717) is 19.8 Å². The number of hydrogen-bond acceptors (Lipinski definition) is 4. The molecule has 0 spiro atoms. The van der Waals surface area contributed by atoms with E-state index in [1.165, 1.54) is 0 Å². The number of methoxy groups -OCH3 is 2. The van der Waals surface area contributed by atoms with Crippen molar-refractivity contribution in [2.24, 2.45) is 0 Å². The molecule has 0 atom stereocenters.